The number of fused-ring (bicyclic) bond motifs is 3. The van der Waals surface area contributed by atoms with Crippen molar-refractivity contribution in [2.45, 2.75) is 30.8 Å². The fourth-order valence-electron chi connectivity index (χ4n) is 5.97. The van der Waals surface area contributed by atoms with E-state index >= 15 is 0 Å². The molecule has 0 spiro atoms. The molecular weight excluding hydrogens is 450 g/mol. The SMILES string of the molecule is N#CC(C#N)=C(C1CC1)[C@@H]1[C@H](c2cccs2)[C@@H](C(=O)c2ccccc2)N2c3ccccc3C=C[C@H]12. The van der Waals surface area contributed by atoms with Crippen LogP contribution in [0.25, 0.3) is 6.08 Å². The molecule has 0 bridgehead atoms. The Labute approximate surface area is 209 Å². The molecule has 1 saturated heterocycles. The zero-order chi connectivity index (χ0) is 23.9. The number of para-hydroxylation sites is 1. The van der Waals surface area contributed by atoms with Crippen LogP contribution in [0.15, 0.2) is 89.3 Å². The summed E-state index contributed by atoms with van der Waals surface area (Å²) in [4.78, 5) is 17.7. The number of nitriles is 2. The van der Waals surface area contributed by atoms with Crippen molar-refractivity contribution in [2.75, 3.05) is 4.90 Å². The molecule has 0 unspecified atom stereocenters. The lowest BCUT2D eigenvalue weighted by Gasteiger charge is -2.35. The third-order valence-electron chi connectivity index (χ3n) is 7.49. The summed E-state index contributed by atoms with van der Waals surface area (Å²) in [6.07, 6.45) is 6.29. The quantitative estimate of drug-likeness (QED) is 0.319. The third kappa shape index (κ3) is 3.52. The smallest absolute Gasteiger partial charge is 0.185 e. The Balaban J connectivity index is 1.61. The van der Waals surface area contributed by atoms with Crippen molar-refractivity contribution >= 4 is 28.9 Å². The lowest BCUT2D eigenvalue weighted by atomic mass is 9.75. The molecule has 170 valence electrons. The highest BCUT2D eigenvalue weighted by atomic mass is 32.1. The number of allylic oxidation sites excluding steroid dienone is 1. The van der Waals surface area contributed by atoms with Crippen LogP contribution in [0.1, 0.15) is 39.6 Å². The number of thiophene rings is 1. The Bertz CT molecular complexity index is 1400. The molecule has 4 atom stereocenters. The Hall–Kier alpha value is -3.93. The summed E-state index contributed by atoms with van der Waals surface area (Å²) < 4.78 is 0. The van der Waals surface area contributed by atoms with Gasteiger partial charge in [-0.2, -0.15) is 10.5 Å². The second-order valence-corrected chi connectivity index (χ2v) is 10.4. The first-order valence-electron chi connectivity index (χ1n) is 12.0. The van der Waals surface area contributed by atoms with E-state index in [4.69, 9.17) is 0 Å². The van der Waals surface area contributed by atoms with E-state index in [1.165, 1.54) is 0 Å². The van der Waals surface area contributed by atoms with E-state index in [0.29, 0.717) is 5.56 Å². The first-order chi connectivity index (χ1) is 17.2. The molecule has 2 aliphatic heterocycles. The van der Waals surface area contributed by atoms with Gasteiger partial charge in [0.1, 0.15) is 23.8 Å². The van der Waals surface area contributed by atoms with Gasteiger partial charge in [-0.15, -0.1) is 11.3 Å². The monoisotopic (exact) mass is 473 g/mol. The summed E-state index contributed by atoms with van der Waals surface area (Å²) in [6.45, 7) is 0. The molecule has 0 amide bonds. The van der Waals surface area contributed by atoms with Crippen molar-refractivity contribution in [1.82, 2.24) is 0 Å². The van der Waals surface area contributed by atoms with Crippen LogP contribution in [0.3, 0.4) is 0 Å². The second-order valence-electron chi connectivity index (χ2n) is 9.39. The van der Waals surface area contributed by atoms with E-state index in [0.717, 1.165) is 34.5 Å². The summed E-state index contributed by atoms with van der Waals surface area (Å²) in [7, 11) is 0. The van der Waals surface area contributed by atoms with Gasteiger partial charge in [-0.25, -0.2) is 0 Å². The summed E-state index contributed by atoms with van der Waals surface area (Å²) >= 11 is 1.65. The summed E-state index contributed by atoms with van der Waals surface area (Å²) in [5, 5.41) is 21.9. The highest BCUT2D eigenvalue weighted by Gasteiger charge is 2.56. The Morgan fingerprint density at radius 1 is 0.943 bits per heavy atom. The summed E-state index contributed by atoms with van der Waals surface area (Å²) in [6, 6.07) is 25.7. The number of rotatable bonds is 5. The molecule has 35 heavy (non-hydrogen) atoms. The van der Waals surface area contributed by atoms with Crippen molar-refractivity contribution in [3.05, 3.63) is 105 Å². The zero-order valence-corrected chi connectivity index (χ0v) is 19.9. The van der Waals surface area contributed by atoms with Crippen LogP contribution in [0, 0.1) is 34.5 Å². The van der Waals surface area contributed by atoms with Crippen molar-refractivity contribution in [1.29, 1.82) is 10.5 Å². The largest absolute Gasteiger partial charge is 0.353 e. The van der Waals surface area contributed by atoms with Gasteiger partial charge in [0.25, 0.3) is 0 Å². The summed E-state index contributed by atoms with van der Waals surface area (Å²) in [5.74, 6) is 0.0236. The predicted molar refractivity (Wildman–Crippen MR) is 138 cm³/mol. The van der Waals surface area contributed by atoms with Gasteiger partial charge >= 0.3 is 0 Å². The van der Waals surface area contributed by atoms with Crippen LogP contribution in [-0.4, -0.2) is 17.9 Å². The lowest BCUT2D eigenvalue weighted by molar-refractivity contribution is 0.0953. The molecule has 1 saturated carbocycles. The van der Waals surface area contributed by atoms with Crippen molar-refractivity contribution in [3.63, 3.8) is 0 Å². The average Bonchev–Trinajstić information content (AvgIpc) is 3.48. The first-order valence-corrected chi connectivity index (χ1v) is 12.8. The van der Waals surface area contributed by atoms with Crippen LogP contribution >= 0.6 is 11.3 Å². The molecule has 5 heteroatoms. The summed E-state index contributed by atoms with van der Waals surface area (Å²) in [5.41, 5.74) is 3.96. The maximum atomic E-state index is 14.3. The molecule has 1 aromatic heterocycles. The van der Waals surface area contributed by atoms with E-state index in [9.17, 15) is 15.3 Å². The number of ketones is 1. The number of hydrogen-bond donors (Lipinski definition) is 0. The minimum atomic E-state index is -0.440. The molecule has 3 heterocycles. The maximum absolute atomic E-state index is 14.3. The Kier molecular flexibility index (Phi) is 5.36. The highest BCUT2D eigenvalue weighted by molar-refractivity contribution is 7.10. The Morgan fingerprint density at radius 2 is 1.69 bits per heavy atom. The van der Waals surface area contributed by atoms with Gasteiger partial charge in [0.2, 0.25) is 0 Å². The van der Waals surface area contributed by atoms with E-state index in [1.807, 2.05) is 53.9 Å². The van der Waals surface area contributed by atoms with Crippen molar-refractivity contribution < 1.29 is 4.79 Å². The molecule has 1 aliphatic carbocycles. The fraction of sp³-hybridized carbons (Fsp3) is 0.233. The van der Waals surface area contributed by atoms with Gasteiger partial charge in [0.15, 0.2) is 5.78 Å². The molecule has 6 rings (SSSR count). The molecule has 0 N–H and O–H groups in total. The fourth-order valence-corrected chi connectivity index (χ4v) is 6.88. The van der Waals surface area contributed by atoms with Gasteiger partial charge in [-0.1, -0.05) is 66.7 Å². The number of Topliss-reactive ketones (excluding diaryl/α,β-unsaturated/α-hetero) is 1. The zero-order valence-electron chi connectivity index (χ0n) is 19.0. The van der Waals surface area contributed by atoms with Crippen molar-refractivity contribution in [2.24, 2.45) is 11.8 Å². The third-order valence-corrected chi connectivity index (χ3v) is 8.46. The van der Waals surface area contributed by atoms with Crippen molar-refractivity contribution in [3.8, 4) is 12.1 Å². The highest BCUT2D eigenvalue weighted by Crippen LogP contribution is 2.56. The first kappa shape index (κ1) is 21.6. The number of benzene rings is 2. The van der Waals surface area contributed by atoms with Gasteiger partial charge in [0.05, 0.1) is 6.04 Å². The van der Waals surface area contributed by atoms with E-state index in [-0.39, 0.29) is 35.2 Å². The molecule has 0 radical (unpaired) electrons. The van der Waals surface area contributed by atoms with E-state index in [2.05, 4.69) is 47.4 Å². The second kappa shape index (κ2) is 8.69. The van der Waals surface area contributed by atoms with E-state index in [1.54, 1.807) is 11.3 Å². The van der Waals surface area contributed by atoms with Crippen LogP contribution in [0.4, 0.5) is 5.69 Å². The van der Waals surface area contributed by atoms with Gasteiger partial charge in [-0.05, 0) is 47.4 Å². The minimum absolute atomic E-state index is 0.0761. The topological polar surface area (TPSA) is 67.9 Å². The molecule has 4 nitrogen and oxygen atoms in total. The van der Waals surface area contributed by atoms with Crippen LogP contribution < -0.4 is 4.90 Å². The molecule has 3 aromatic rings. The van der Waals surface area contributed by atoms with E-state index < -0.39 is 6.04 Å². The molecule has 2 fully saturated rings. The van der Waals surface area contributed by atoms with Gasteiger partial charge < -0.3 is 4.90 Å². The van der Waals surface area contributed by atoms with Crippen LogP contribution in [0.2, 0.25) is 0 Å². The Morgan fingerprint density at radius 3 is 2.37 bits per heavy atom. The number of hydrogen-bond acceptors (Lipinski definition) is 5. The van der Waals surface area contributed by atoms with Crippen LogP contribution in [-0.2, 0) is 0 Å². The van der Waals surface area contributed by atoms with Gasteiger partial charge in [0, 0.05) is 28.0 Å². The number of carbonyl (C=O) groups excluding carboxylic acids is 1. The standard InChI is InChI=1S/C30H23N3OS/c31-17-22(18-32)26(20-12-13-20)27-24-15-14-19-7-4-5-10-23(19)33(24)29(28(27)25-11-6-16-35-25)30(34)21-8-2-1-3-9-21/h1-11,14-16,20,24,27-29H,12-13H2/t24-,27-,28+,29+/m1/s1. The normalized spacial score (nSPS) is 24.1. The number of anilines is 1. The number of nitrogens with zero attached hydrogens (tertiary/aromatic N) is 3. The van der Waals surface area contributed by atoms with Crippen LogP contribution in [0.5, 0.6) is 0 Å². The predicted octanol–water partition coefficient (Wildman–Crippen LogP) is 6.37. The molecular formula is C30H23N3OS. The average molecular weight is 474 g/mol. The lowest BCUT2D eigenvalue weighted by Crippen LogP contribution is -2.43. The minimum Gasteiger partial charge on any atom is -0.353 e. The maximum Gasteiger partial charge on any atom is 0.185 e. The van der Waals surface area contributed by atoms with Gasteiger partial charge in [-0.3, -0.25) is 4.79 Å². The molecule has 2 aromatic carbocycles. The molecule has 3 aliphatic rings. The number of carbonyl (C=O) groups is 1.